The fourth-order valence-corrected chi connectivity index (χ4v) is 1.45. The highest BCUT2D eigenvalue weighted by molar-refractivity contribution is 5.71. The van der Waals surface area contributed by atoms with Gasteiger partial charge in [-0.2, -0.15) is 0 Å². The standard InChI is InChI=1S/C12H12O/c1-10-7-8-13-9-12(10)11-5-3-2-4-6-11/h2-8H,9H2,1H3. The molecule has 66 valence electrons. The second-order valence-corrected chi connectivity index (χ2v) is 3.14. The van der Waals surface area contributed by atoms with Crippen LogP contribution in [0.4, 0.5) is 0 Å². The molecule has 0 spiro atoms. The molecular formula is C12H12O. The quantitative estimate of drug-likeness (QED) is 0.632. The van der Waals surface area contributed by atoms with E-state index in [1.54, 1.807) is 6.26 Å². The van der Waals surface area contributed by atoms with Crippen molar-refractivity contribution < 1.29 is 4.74 Å². The van der Waals surface area contributed by atoms with E-state index in [0.717, 1.165) is 0 Å². The predicted molar refractivity (Wildman–Crippen MR) is 54.1 cm³/mol. The van der Waals surface area contributed by atoms with E-state index in [4.69, 9.17) is 4.74 Å². The van der Waals surface area contributed by atoms with Crippen molar-refractivity contribution >= 4 is 5.57 Å². The van der Waals surface area contributed by atoms with Gasteiger partial charge in [0, 0.05) is 0 Å². The summed E-state index contributed by atoms with van der Waals surface area (Å²) in [7, 11) is 0. The Bertz CT molecular complexity index is 347. The fraction of sp³-hybridized carbons (Fsp3) is 0.167. The molecule has 0 unspecified atom stereocenters. The van der Waals surface area contributed by atoms with E-state index in [1.165, 1.54) is 16.7 Å². The van der Waals surface area contributed by atoms with Crippen molar-refractivity contribution in [2.24, 2.45) is 0 Å². The summed E-state index contributed by atoms with van der Waals surface area (Å²) in [4.78, 5) is 0. The Kier molecular flexibility index (Phi) is 2.17. The molecule has 0 amide bonds. The summed E-state index contributed by atoms with van der Waals surface area (Å²) in [6.07, 6.45) is 3.76. The van der Waals surface area contributed by atoms with E-state index < -0.39 is 0 Å². The molecular weight excluding hydrogens is 160 g/mol. The predicted octanol–water partition coefficient (Wildman–Crippen LogP) is 3.00. The van der Waals surface area contributed by atoms with Crippen molar-refractivity contribution in [2.45, 2.75) is 6.92 Å². The van der Waals surface area contributed by atoms with Gasteiger partial charge in [0.25, 0.3) is 0 Å². The topological polar surface area (TPSA) is 9.23 Å². The van der Waals surface area contributed by atoms with Crippen LogP contribution >= 0.6 is 0 Å². The first kappa shape index (κ1) is 8.11. The first-order chi connectivity index (χ1) is 6.38. The van der Waals surface area contributed by atoms with Crippen molar-refractivity contribution in [3.8, 4) is 0 Å². The normalized spacial score (nSPS) is 15.8. The molecule has 0 atom stereocenters. The number of hydrogen-bond acceptors (Lipinski definition) is 1. The maximum atomic E-state index is 5.27. The molecule has 1 heterocycles. The largest absolute Gasteiger partial charge is 0.496 e. The zero-order valence-electron chi connectivity index (χ0n) is 7.66. The molecule has 1 aromatic carbocycles. The number of hydrogen-bond donors (Lipinski definition) is 0. The van der Waals surface area contributed by atoms with Crippen molar-refractivity contribution in [3.05, 3.63) is 53.8 Å². The molecule has 1 aromatic rings. The Morgan fingerprint density at radius 1 is 1.15 bits per heavy atom. The first-order valence-electron chi connectivity index (χ1n) is 4.41. The summed E-state index contributed by atoms with van der Waals surface area (Å²) >= 11 is 0. The Labute approximate surface area is 78.3 Å². The third-order valence-electron chi connectivity index (χ3n) is 2.24. The molecule has 0 saturated heterocycles. The lowest BCUT2D eigenvalue weighted by Crippen LogP contribution is -1.99. The lowest BCUT2D eigenvalue weighted by Gasteiger charge is -2.14. The molecule has 0 bridgehead atoms. The van der Waals surface area contributed by atoms with Gasteiger partial charge in [-0.15, -0.1) is 0 Å². The third kappa shape index (κ3) is 1.64. The van der Waals surface area contributed by atoms with Crippen LogP contribution < -0.4 is 0 Å². The fourth-order valence-electron chi connectivity index (χ4n) is 1.45. The lowest BCUT2D eigenvalue weighted by molar-refractivity contribution is 0.291. The lowest BCUT2D eigenvalue weighted by atomic mass is 10.0. The van der Waals surface area contributed by atoms with Gasteiger partial charge < -0.3 is 4.74 Å². The van der Waals surface area contributed by atoms with Crippen LogP contribution in [0.15, 0.2) is 48.2 Å². The molecule has 0 aromatic heterocycles. The summed E-state index contributed by atoms with van der Waals surface area (Å²) in [6, 6.07) is 10.4. The molecule has 0 N–H and O–H groups in total. The summed E-state index contributed by atoms with van der Waals surface area (Å²) < 4.78 is 5.27. The SMILES string of the molecule is CC1=C(c2ccccc2)COC=C1. The van der Waals surface area contributed by atoms with Gasteiger partial charge in [-0.1, -0.05) is 30.3 Å². The highest BCUT2D eigenvalue weighted by Crippen LogP contribution is 2.22. The minimum atomic E-state index is 0.687. The van der Waals surface area contributed by atoms with Gasteiger partial charge in [0.1, 0.15) is 6.61 Å². The van der Waals surface area contributed by atoms with Gasteiger partial charge in [0.2, 0.25) is 0 Å². The van der Waals surface area contributed by atoms with E-state index in [1.807, 2.05) is 24.3 Å². The Morgan fingerprint density at radius 3 is 2.62 bits per heavy atom. The molecule has 1 heteroatoms. The maximum Gasteiger partial charge on any atom is 0.113 e. The Balaban J connectivity index is 2.41. The smallest absolute Gasteiger partial charge is 0.113 e. The summed E-state index contributed by atoms with van der Waals surface area (Å²) in [5, 5.41) is 0. The highest BCUT2D eigenvalue weighted by Gasteiger charge is 2.06. The molecule has 1 nitrogen and oxygen atoms in total. The molecule has 2 rings (SSSR count). The second kappa shape index (κ2) is 3.48. The van der Waals surface area contributed by atoms with Gasteiger partial charge in [-0.25, -0.2) is 0 Å². The van der Waals surface area contributed by atoms with E-state index in [-0.39, 0.29) is 0 Å². The van der Waals surface area contributed by atoms with Crippen molar-refractivity contribution in [3.63, 3.8) is 0 Å². The van der Waals surface area contributed by atoms with E-state index in [0.29, 0.717) is 6.61 Å². The van der Waals surface area contributed by atoms with Crippen LogP contribution in [0.5, 0.6) is 0 Å². The highest BCUT2D eigenvalue weighted by atomic mass is 16.5. The molecule has 0 aliphatic carbocycles. The van der Waals surface area contributed by atoms with Gasteiger partial charge >= 0.3 is 0 Å². The monoisotopic (exact) mass is 172 g/mol. The first-order valence-corrected chi connectivity index (χ1v) is 4.41. The van der Waals surface area contributed by atoms with E-state index in [2.05, 4.69) is 19.1 Å². The van der Waals surface area contributed by atoms with Gasteiger partial charge in [0.15, 0.2) is 0 Å². The van der Waals surface area contributed by atoms with Crippen LogP contribution in [0.25, 0.3) is 5.57 Å². The number of ether oxygens (including phenoxy) is 1. The van der Waals surface area contributed by atoms with E-state index >= 15 is 0 Å². The minimum Gasteiger partial charge on any atom is -0.496 e. The van der Waals surface area contributed by atoms with Crippen LogP contribution in [0.1, 0.15) is 12.5 Å². The molecule has 13 heavy (non-hydrogen) atoms. The third-order valence-corrected chi connectivity index (χ3v) is 2.24. The minimum absolute atomic E-state index is 0.687. The van der Waals surface area contributed by atoms with Crippen LogP contribution in [0.2, 0.25) is 0 Å². The molecule has 1 aliphatic rings. The zero-order chi connectivity index (χ0) is 9.10. The molecule has 1 aliphatic heterocycles. The summed E-state index contributed by atoms with van der Waals surface area (Å²) in [5.41, 5.74) is 3.82. The van der Waals surface area contributed by atoms with Gasteiger partial charge in [0.05, 0.1) is 6.26 Å². The Hall–Kier alpha value is -1.50. The molecule has 0 fully saturated rings. The van der Waals surface area contributed by atoms with Crippen LogP contribution in [-0.4, -0.2) is 6.61 Å². The van der Waals surface area contributed by atoms with E-state index in [9.17, 15) is 0 Å². The summed E-state index contributed by atoms with van der Waals surface area (Å²) in [5.74, 6) is 0. The number of benzene rings is 1. The zero-order valence-corrected chi connectivity index (χ0v) is 7.66. The number of rotatable bonds is 1. The average Bonchev–Trinajstić information content (AvgIpc) is 2.20. The maximum absolute atomic E-state index is 5.27. The van der Waals surface area contributed by atoms with Gasteiger partial charge in [-0.05, 0) is 29.7 Å². The van der Waals surface area contributed by atoms with Crippen molar-refractivity contribution in [1.29, 1.82) is 0 Å². The van der Waals surface area contributed by atoms with Crippen molar-refractivity contribution in [2.75, 3.05) is 6.61 Å². The van der Waals surface area contributed by atoms with Gasteiger partial charge in [-0.3, -0.25) is 0 Å². The second-order valence-electron chi connectivity index (χ2n) is 3.14. The Morgan fingerprint density at radius 2 is 1.92 bits per heavy atom. The average molecular weight is 172 g/mol. The van der Waals surface area contributed by atoms with Crippen molar-refractivity contribution in [1.82, 2.24) is 0 Å². The number of allylic oxidation sites excluding steroid dienone is 2. The molecule has 0 radical (unpaired) electrons. The summed E-state index contributed by atoms with van der Waals surface area (Å²) in [6.45, 7) is 2.80. The van der Waals surface area contributed by atoms with Crippen LogP contribution in [0.3, 0.4) is 0 Å². The molecule has 0 saturated carbocycles. The van der Waals surface area contributed by atoms with Crippen LogP contribution in [0, 0.1) is 0 Å². The van der Waals surface area contributed by atoms with Crippen LogP contribution in [-0.2, 0) is 4.74 Å².